The number of alkyl halides is 2. The van der Waals surface area contributed by atoms with Crippen LogP contribution in [-0.2, 0) is 0 Å². The molecule has 0 bridgehead atoms. The minimum absolute atomic E-state index is 0.0324. The van der Waals surface area contributed by atoms with E-state index in [4.69, 9.17) is 23.2 Å². The van der Waals surface area contributed by atoms with Crippen LogP contribution >= 0.6 is 45.8 Å². The van der Waals surface area contributed by atoms with Crippen LogP contribution in [0.1, 0.15) is 0 Å². The van der Waals surface area contributed by atoms with Gasteiger partial charge in [0, 0.05) is 6.07 Å². The summed E-state index contributed by atoms with van der Waals surface area (Å²) in [4.78, 5) is 0. The highest BCUT2D eigenvalue weighted by Gasteiger charge is 2.10. The summed E-state index contributed by atoms with van der Waals surface area (Å²) in [6, 6.07) is 2.72. The Morgan fingerprint density at radius 2 is 1.77 bits per heavy atom. The van der Waals surface area contributed by atoms with Crippen molar-refractivity contribution in [2.45, 2.75) is 6.61 Å². The van der Waals surface area contributed by atoms with Crippen LogP contribution in [0.5, 0.6) is 5.75 Å². The lowest BCUT2D eigenvalue weighted by Crippen LogP contribution is -2.03. The Labute approximate surface area is 97.1 Å². The third-order valence-corrected chi connectivity index (χ3v) is 2.76. The minimum atomic E-state index is -2.86. The minimum Gasteiger partial charge on any atom is -0.434 e. The normalized spacial score (nSPS) is 10.6. The summed E-state index contributed by atoms with van der Waals surface area (Å²) in [6.45, 7) is -2.86. The van der Waals surface area contributed by atoms with Crippen LogP contribution < -0.4 is 4.74 Å². The van der Waals surface area contributed by atoms with Crippen LogP contribution in [0.4, 0.5) is 8.78 Å². The van der Waals surface area contributed by atoms with Gasteiger partial charge in [-0.15, -0.1) is 0 Å². The second-order valence-corrected chi connectivity index (χ2v) is 4.05. The Morgan fingerprint density at radius 1 is 1.23 bits per heavy atom. The lowest BCUT2D eigenvalue weighted by Gasteiger charge is -2.07. The second kappa shape index (κ2) is 4.61. The molecule has 0 saturated heterocycles. The van der Waals surface area contributed by atoms with E-state index in [-0.39, 0.29) is 10.8 Å². The molecule has 0 heterocycles. The van der Waals surface area contributed by atoms with Gasteiger partial charge in [0.05, 0.1) is 13.6 Å². The van der Waals surface area contributed by atoms with E-state index in [0.717, 1.165) is 0 Å². The van der Waals surface area contributed by atoms with Gasteiger partial charge in [0.25, 0.3) is 0 Å². The van der Waals surface area contributed by atoms with Crippen molar-refractivity contribution in [3.05, 3.63) is 25.7 Å². The molecule has 0 fully saturated rings. The maximum atomic E-state index is 11.8. The summed E-state index contributed by atoms with van der Waals surface area (Å²) < 4.78 is 28.4. The fourth-order valence-electron chi connectivity index (χ4n) is 0.691. The summed E-state index contributed by atoms with van der Waals surface area (Å²) in [7, 11) is 0. The van der Waals surface area contributed by atoms with Gasteiger partial charge in [-0.3, -0.25) is 0 Å². The van der Waals surface area contributed by atoms with Crippen molar-refractivity contribution in [1.82, 2.24) is 0 Å². The van der Waals surface area contributed by atoms with Crippen LogP contribution in [-0.4, -0.2) is 6.61 Å². The van der Waals surface area contributed by atoms with Crippen molar-refractivity contribution in [2.75, 3.05) is 0 Å². The van der Waals surface area contributed by atoms with Gasteiger partial charge >= 0.3 is 6.61 Å². The highest BCUT2D eigenvalue weighted by Crippen LogP contribution is 2.32. The zero-order valence-electron chi connectivity index (χ0n) is 6.03. The van der Waals surface area contributed by atoms with Crippen LogP contribution in [0.25, 0.3) is 0 Å². The lowest BCUT2D eigenvalue weighted by atomic mass is 10.3. The van der Waals surface area contributed by atoms with Gasteiger partial charge in [-0.2, -0.15) is 8.78 Å². The molecule has 72 valence electrons. The fourth-order valence-corrected chi connectivity index (χ4v) is 1.79. The first-order chi connectivity index (χ1) is 6.00. The quantitative estimate of drug-likeness (QED) is 0.580. The Kier molecular flexibility index (Phi) is 4.00. The average Bonchev–Trinajstić information content (AvgIpc) is 1.99. The molecular weight excluding hydrogens is 336 g/mol. The van der Waals surface area contributed by atoms with Gasteiger partial charge in [0.1, 0.15) is 5.75 Å². The number of rotatable bonds is 2. The summed E-state index contributed by atoms with van der Waals surface area (Å²) in [5.74, 6) is 0.0324. The molecule has 0 amide bonds. The highest BCUT2D eigenvalue weighted by atomic mass is 127. The maximum absolute atomic E-state index is 11.8. The van der Waals surface area contributed by atoms with Crippen molar-refractivity contribution >= 4 is 45.8 Å². The number of benzene rings is 1. The molecule has 0 unspecified atom stereocenters. The standard InChI is InChI=1S/C7H3Cl2F2IO/c8-3-1-5(12)6(2-4(3)9)13-7(10)11/h1-2,7H. The molecule has 1 aromatic carbocycles. The van der Waals surface area contributed by atoms with Crippen molar-refractivity contribution in [1.29, 1.82) is 0 Å². The van der Waals surface area contributed by atoms with E-state index < -0.39 is 6.61 Å². The van der Waals surface area contributed by atoms with E-state index in [1.165, 1.54) is 12.1 Å². The average molecular weight is 339 g/mol. The van der Waals surface area contributed by atoms with Gasteiger partial charge in [0.15, 0.2) is 0 Å². The first-order valence-electron chi connectivity index (χ1n) is 3.10. The zero-order valence-corrected chi connectivity index (χ0v) is 9.70. The first-order valence-corrected chi connectivity index (χ1v) is 4.93. The first kappa shape index (κ1) is 11.3. The lowest BCUT2D eigenvalue weighted by molar-refractivity contribution is -0.0504. The molecule has 0 spiro atoms. The molecule has 0 aromatic heterocycles. The zero-order chi connectivity index (χ0) is 10.0. The Balaban J connectivity index is 3.01. The van der Waals surface area contributed by atoms with Crippen LogP contribution in [0, 0.1) is 3.57 Å². The molecule has 1 nitrogen and oxygen atoms in total. The Bertz CT molecular complexity index is 320. The van der Waals surface area contributed by atoms with Crippen LogP contribution in [0.15, 0.2) is 12.1 Å². The summed E-state index contributed by atoms with van der Waals surface area (Å²) >= 11 is 13.1. The van der Waals surface area contributed by atoms with Gasteiger partial charge in [0.2, 0.25) is 0 Å². The van der Waals surface area contributed by atoms with Crippen molar-refractivity contribution in [3.8, 4) is 5.75 Å². The predicted octanol–water partition coefficient (Wildman–Crippen LogP) is 4.20. The largest absolute Gasteiger partial charge is 0.434 e. The molecule has 1 rings (SSSR count). The third kappa shape index (κ3) is 3.11. The monoisotopic (exact) mass is 338 g/mol. The van der Waals surface area contributed by atoms with E-state index in [2.05, 4.69) is 4.74 Å². The van der Waals surface area contributed by atoms with Crippen molar-refractivity contribution in [2.24, 2.45) is 0 Å². The summed E-state index contributed by atoms with van der Waals surface area (Å²) in [5, 5.41) is 0.505. The van der Waals surface area contributed by atoms with E-state index in [9.17, 15) is 8.78 Å². The number of hydrogen-bond donors (Lipinski definition) is 0. The van der Waals surface area contributed by atoms with E-state index in [1.54, 1.807) is 0 Å². The molecule has 1 aromatic rings. The Morgan fingerprint density at radius 3 is 2.31 bits per heavy atom. The molecule has 0 aliphatic carbocycles. The van der Waals surface area contributed by atoms with Gasteiger partial charge in [-0.05, 0) is 28.7 Å². The smallest absolute Gasteiger partial charge is 0.387 e. The maximum Gasteiger partial charge on any atom is 0.387 e. The van der Waals surface area contributed by atoms with Crippen LogP contribution in [0.2, 0.25) is 10.0 Å². The molecule has 6 heteroatoms. The second-order valence-electron chi connectivity index (χ2n) is 2.08. The summed E-state index contributed by atoms with van der Waals surface area (Å²) in [6.07, 6.45) is 0. The molecule has 0 radical (unpaired) electrons. The molecule has 0 saturated carbocycles. The van der Waals surface area contributed by atoms with E-state index in [1.807, 2.05) is 22.6 Å². The SMILES string of the molecule is FC(F)Oc1cc(Cl)c(Cl)cc1I. The summed E-state index contributed by atoms with van der Waals surface area (Å²) in [5.41, 5.74) is 0. The van der Waals surface area contributed by atoms with Gasteiger partial charge in [-0.25, -0.2) is 0 Å². The van der Waals surface area contributed by atoms with E-state index in [0.29, 0.717) is 8.59 Å². The molecule has 0 atom stereocenters. The topological polar surface area (TPSA) is 9.23 Å². The van der Waals surface area contributed by atoms with Crippen molar-refractivity contribution < 1.29 is 13.5 Å². The molecular formula is C7H3Cl2F2IO. The molecule has 0 aliphatic rings. The number of halogens is 5. The number of ether oxygens (including phenoxy) is 1. The molecule has 0 N–H and O–H groups in total. The third-order valence-electron chi connectivity index (χ3n) is 1.19. The van der Waals surface area contributed by atoms with Gasteiger partial charge < -0.3 is 4.74 Å². The van der Waals surface area contributed by atoms with Crippen LogP contribution in [0.3, 0.4) is 0 Å². The predicted molar refractivity (Wildman–Crippen MR) is 55.8 cm³/mol. The Hall–Kier alpha value is 0.190. The highest BCUT2D eigenvalue weighted by molar-refractivity contribution is 14.1. The van der Waals surface area contributed by atoms with Gasteiger partial charge in [-0.1, -0.05) is 23.2 Å². The molecule has 0 aliphatic heterocycles. The van der Waals surface area contributed by atoms with Crippen molar-refractivity contribution in [3.63, 3.8) is 0 Å². The molecule has 13 heavy (non-hydrogen) atoms. The number of hydrogen-bond acceptors (Lipinski definition) is 1. The van der Waals surface area contributed by atoms with E-state index >= 15 is 0 Å². The fraction of sp³-hybridized carbons (Fsp3) is 0.143.